The van der Waals surface area contributed by atoms with Crippen LogP contribution in [0.1, 0.15) is 15.9 Å². The van der Waals surface area contributed by atoms with Crippen LogP contribution in [0.3, 0.4) is 0 Å². The van der Waals surface area contributed by atoms with Crippen LogP contribution in [0.15, 0.2) is 53.9 Å². The molecule has 29 heavy (non-hydrogen) atoms. The maximum atomic E-state index is 11.9. The fourth-order valence-electron chi connectivity index (χ4n) is 2.66. The summed E-state index contributed by atoms with van der Waals surface area (Å²) in [5.41, 5.74) is 3.50. The fourth-order valence-corrected chi connectivity index (χ4v) is 2.66. The van der Waals surface area contributed by atoms with Crippen molar-refractivity contribution in [3.05, 3.63) is 59.9 Å². The number of carbonyl (C=O) groups excluding carboxylic acids is 1. The number of hydrogen-bond donors (Lipinski definition) is 5. The molecule has 2 aromatic rings. The maximum absolute atomic E-state index is 11.9. The third-order valence-electron chi connectivity index (χ3n) is 4.30. The molecule has 5 atom stereocenters. The van der Waals surface area contributed by atoms with Gasteiger partial charge in [-0.2, -0.15) is 5.10 Å². The van der Waals surface area contributed by atoms with Gasteiger partial charge in [0, 0.05) is 18.0 Å². The molecule has 1 aliphatic heterocycles. The quantitative estimate of drug-likeness (QED) is 0.305. The lowest BCUT2D eigenvalue weighted by atomic mass is 9.99. The van der Waals surface area contributed by atoms with Crippen molar-refractivity contribution >= 4 is 12.1 Å². The van der Waals surface area contributed by atoms with E-state index in [0.717, 1.165) is 0 Å². The van der Waals surface area contributed by atoms with E-state index in [9.17, 15) is 25.2 Å². The highest BCUT2D eigenvalue weighted by atomic mass is 16.7. The fraction of sp³-hybridized carbons (Fsp3) is 0.316. The van der Waals surface area contributed by atoms with Gasteiger partial charge in [-0.15, -0.1) is 0 Å². The van der Waals surface area contributed by atoms with Crippen LogP contribution in [0.5, 0.6) is 5.75 Å². The lowest BCUT2D eigenvalue weighted by Crippen LogP contribution is -2.60. The van der Waals surface area contributed by atoms with Crippen LogP contribution in [0.4, 0.5) is 0 Å². The summed E-state index contributed by atoms with van der Waals surface area (Å²) in [4.78, 5) is 15.7. The summed E-state index contributed by atoms with van der Waals surface area (Å²) < 4.78 is 10.8. The van der Waals surface area contributed by atoms with Crippen molar-refractivity contribution < 1.29 is 34.7 Å². The number of aliphatic hydroxyl groups excluding tert-OH is 4. The van der Waals surface area contributed by atoms with E-state index in [2.05, 4.69) is 15.5 Å². The molecule has 1 fully saturated rings. The second-order valence-electron chi connectivity index (χ2n) is 6.32. The summed E-state index contributed by atoms with van der Waals surface area (Å²) >= 11 is 0. The summed E-state index contributed by atoms with van der Waals surface area (Å²) in [6, 6.07) is 9.59. The summed E-state index contributed by atoms with van der Waals surface area (Å²) in [5.74, 6) is -0.0430. The monoisotopic (exact) mass is 403 g/mol. The Morgan fingerprint density at radius 2 is 1.79 bits per heavy atom. The molecular formula is C19H21N3O7. The summed E-state index contributed by atoms with van der Waals surface area (Å²) in [5, 5.41) is 42.6. The molecule has 0 saturated carbocycles. The second kappa shape index (κ2) is 9.54. The van der Waals surface area contributed by atoms with Crippen LogP contribution in [0, 0.1) is 0 Å². The van der Waals surface area contributed by atoms with Crippen molar-refractivity contribution in [3.63, 3.8) is 0 Å². The van der Waals surface area contributed by atoms with Gasteiger partial charge >= 0.3 is 0 Å². The van der Waals surface area contributed by atoms with Gasteiger partial charge < -0.3 is 29.9 Å². The summed E-state index contributed by atoms with van der Waals surface area (Å²) in [6.07, 6.45) is -2.30. The summed E-state index contributed by atoms with van der Waals surface area (Å²) in [7, 11) is 0. The highest BCUT2D eigenvalue weighted by molar-refractivity contribution is 5.94. The van der Waals surface area contributed by atoms with Crippen LogP contribution in [-0.4, -0.2) is 74.8 Å². The molecule has 1 aliphatic rings. The number of nitrogens with one attached hydrogen (secondary N) is 1. The molecule has 0 radical (unpaired) electrons. The number of hydrazone groups is 1. The average molecular weight is 403 g/mol. The predicted octanol–water partition coefficient (Wildman–Crippen LogP) is -0.976. The number of aliphatic hydroxyl groups is 4. The lowest BCUT2D eigenvalue weighted by Gasteiger charge is -2.39. The number of hydrogen-bond acceptors (Lipinski definition) is 9. The molecule has 1 amide bonds. The molecular weight excluding hydrogens is 382 g/mol. The standard InChI is InChI=1S/C19H21N3O7/c23-10-14-15(24)16(25)17(26)19(29-14)28-13-3-1-11(2-4-13)9-21-22-18(27)12-5-7-20-8-6-12/h1-9,14-17,19,23-26H,10H2,(H,22,27)/b21-9+/t14-,15-,16+,17-,19-/m0/s1. The average Bonchev–Trinajstić information content (AvgIpc) is 2.75. The van der Waals surface area contributed by atoms with E-state index < -0.39 is 37.3 Å². The molecule has 154 valence electrons. The molecule has 1 saturated heterocycles. The number of nitrogens with zero attached hydrogens (tertiary/aromatic N) is 2. The Bertz CT molecular complexity index is 829. The number of rotatable bonds is 6. The molecule has 10 heteroatoms. The number of amides is 1. The van der Waals surface area contributed by atoms with E-state index in [4.69, 9.17) is 9.47 Å². The van der Waals surface area contributed by atoms with Gasteiger partial charge in [0.05, 0.1) is 12.8 Å². The van der Waals surface area contributed by atoms with E-state index in [-0.39, 0.29) is 5.91 Å². The zero-order chi connectivity index (χ0) is 20.8. The molecule has 1 aromatic heterocycles. The third kappa shape index (κ3) is 5.13. The first-order valence-corrected chi connectivity index (χ1v) is 8.80. The predicted molar refractivity (Wildman–Crippen MR) is 100 cm³/mol. The van der Waals surface area contributed by atoms with E-state index in [0.29, 0.717) is 16.9 Å². The Morgan fingerprint density at radius 3 is 2.45 bits per heavy atom. The molecule has 3 rings (SSSR count). The van der Waals surface area contributed by atoms with Gasteiger partial charge in [-0.25, -0.2) is 5.43 Å². The van der Waals surface area contributed by atoms with Gasteiger partial charge in [-0.05, 0) is 42.0 Å². The SMILES string of the molecule is O=C(N/N=C/c1ccc(O[C@H]2O[C@@H](CO)[C@H](O)[C@@H](O)[C@@H]2O)cc1)c1ccncc1. The minimum Gasteiger partial charge on any atom is -0.462 e. The van der Waals surface area contributed by atoms with E-state index in [1.54, 1.807) is 36.4 Å². The molecule has 0 spiro atoms. The third-order valence-corrected chi connectivity index (χ3v) is 4.30. The van der Waals surface area contributed by atoms with Crippen molar-refractivity contribution in [1.82, 2.24) is 10.4 Å². The zero-order valence-electron chi connectivity index (χ0n) is 15.2. The van der Waals surface area contributed by atoms with Crippen LogP contribution < -0.4 is 10.2 Å². The number of benzene rings is 1. The molecule has 0 aliphatic carbocycles. The molecule has 0 bridgehead atoms. The highest BCUT2D eigenvalue weighted by Gasteiger charge is 2.44. The topological polar surface area (TPSA) is 154 Å². The smallest absolute Gasteiger partial charge is 0.271 e. The Balaban J connectivity index is 1.56. The van der Waals surface area contributed by atoms with Crippen molar-refractivity contribution in [2.45, 2.75) is 30.7 Å². The first-order chi connectivity index (χ1) is 14.0. The number of aromatic nitrogens is 1. The van der Waals surface area contributed by atoms with Crippen LogP contribution in [0.25, 0.3) is 0 Å². The zero-order valence-corrected chi connectivity index (χ0v) is 15.2. The number of pyridine rings is 1. The van der Waals surface area contributed by atoms with Crippen LogP contribution in [-0.2, 0) is 4.74 Å². The minimum absolute atomic E-state index is 0.326. The number of ether oxygens (including phenoxy) is 2. The van der Waals surface area contributed by atoms with Gasteiger partial charge in [-0.3, -0.25) is 9.78 Å². The van der Waals surface area contributed by atoms with E-state index >= 15 is 0 Å². The molecule has 0 unspecified atom stereocenters. The van der Waals surface area contributed by atoms with Gasteiger partial charge in [0.1, 0.15) is 30.2 Å². The Hall–Kier alpha value is -2.89. The van der Waals surface area contributed by atoms with Gasteiger partial charge in [0.15, 0.2) is 0 Å². The highest BCUT2D eigenvalue weighted by Crippen LogP contribution is 2.24. The lowest BCUT2D eigenvalue weighted by molar-refractivity contribution is -0.277. The van der Waals surface area contributed by atoms with Crippen molar-refractivity contribution in [2.24, 2.45) is 5.10 Å². The largest absolute Gasteiger partial charge is 0.462 e. The molecule has 1 aromatic carbocycles. The normalized spacial score (nSPS) is 27.0. The molecule has 5 N–H and O–H groups in total. The van der Waals surface area contributed by atoms with E-state index in [1.165, 1.54) is 18.6 Å². The molecule has 2 heterocycles. The first-order valence-electron chi connectivity index (χ1n) is 8.80. The first kappa shape index (κ1) is 20.8. The Labute approximate surface area is 166 Å². The van der Waals surface area contributed by atoms with Crippen molar-refractivity contribution in [2.75, 3.05) is 6.61 Å². The number of carbonyl (C=O) groups is 1. The summed E-state index contributed by atoms with van der Waals surface area (Å²) in [6.45, 7) is -0.536. The second-order valence-corrected chi connectivity index (χ2v) is 6.32. The Kier molecular flexibility index (Phi) is 6.86. The van der Waals surface area contributed by atoms with Crippen molar-refractivity contribution in [1.29, 1.82) is 0 Å². The van der Waals surface area contributed by atoms with Crippen LogP contribution >= 0.6 is 0 Å². The van der Waals surface area contributed by atoms with E-state index in [1.807, 2.05) is 0 Å². The minimum atomic E-state index is -1.51. The van der Waals surface area contributed by atoms with Gasteiger partial charge in [0.2, 0.25) is 6.29 Å². The Morgan fingerprint density at radius 1 is 1.10 bits per heavy atom. The van der Waals surface area contributed by atoms with Gasteiger partial charge in [0.25, 0.3) is 5.91 Å². The maximum Gasteiger partial charge on any atom is 0.271 e. The van der Waals surface area contributed by atoms with Crippen LogP contribution in [0.2, 0.25) is 0 Å². The molecule has 10 nitrogen and oxygen atoms in total. The van der Waals surface area contributed by atoms with Gasteiger partial charge in [-0.1, -0.05) is 0 Å². The van der Waals surface area contributed by atoms with Crippen molar-refractivity contribution in [3.8, 4) is 5.75 Å².